The lowest BCUT2D eigenvalue weighted by Crippen LogP contribution is -2.50. The second-order valence-electron chi connectivity index (χ2n) is 9.36. The van der Waals surface area contributed by atoms with Gasteiger partial charge in [-0.1, -0.05) is 12.1 Å². The van der Waals surface area contributed by atoms with Gasteiger partial charge in [0.25, 0.3) is 0 Å². The Balaban J connectivity index is 1.47. The number of benzene rings is 2. The topological polar surface area (TPSA) is 56.6 Å². The van der Waals surface area contributed by atoms with Crippen LogP contribution in [0.4, 0.5) is 0 Å². The van der Waals surface area contributed by atoms with Crippen molar-refractivity contribution in [3.05, 3.63) is 71.3 Å². The van der Waals surface area contributed by atoms with Crippen molar-refractivity contribution < 1.29 is 14.3 Å². The maximum absolute atomic E-state index is 14.0. The summed E-state index contributed by atoms with van der Waals surface area (Å²) in [5.74, 6) is 1.83. The first-order valence-electron chi connectivity index (χ1n) is 11.6. The number of methoxy groups -OCH3 is 2. The molecule has 0 N–H and O–H groups in total. The number of likely N-dealkylation sites (tertiary alicyclic amines) is 1. The van der Waals surface area contributed by atoms with Crippen LogP contribution in [0.25, 0.3) is 5.69 Å². The van der Waals surface area contributed by atoms with Crippen molar-refractivity contribution in [2.45, 2.75) is 51.0 Å². The Morgan fingerprint density at radius 2 is 1.97 bits per heavy atom. The van der Waals surface area contributed by atoms with E-state index in [0.717, 1.165) is 60.7 Å². The largest absolute Gasteiger partial charge is 0.497 e. The lowest BCUT2D eigenvalue weighted by atomic mass is 9.74. The lowest BCUT2D eigenvalue weighted by Gasteiger charge is -2.43. The van der Waals surface area contributed by atoms with E-state index in [1.165, 1.54) is 11.1 Å². The Bertz CT molecular complexity index is 1200. The van der Waals surface area contributed by atoms with Crippen LogP contribution in [0.15, 0.2) is 48.9 Å². The molecule has 5 rings (SSSR count). The van der Waals surface area contributed by atoms with Crippen LogP contribution in [0.5, 0.6) is 11.5 Å². The molecule has 1 aliphatic heterocycles. The van der Waals surface area contributed by atoms with Crippen LogP contribution in [-0.2, 0) is 16.6 Å². The van der Waals surface area contributed by atoms with Gasteiger partial charge in [0.05, 0.1) is 43.4 Å². The van der Waals surface area contributed by atoms with Gasteiger partial charge >= 0.3 is 0 Å². The molecule has 0 radical (unpaired) electrons. The van der Waals surface area contributed by atoms with Crippen LogP contribution >= 0.6 is 0 Å². The summed E-state index contributed by atoms with van der Waals surface area (Å²) < 4.78 is 13.1. The Kier molecular flexibility index (Phi) is 5.39. The van der Waals surface area contributed by atoms with Crippen LogP contribution in [0.3, 0.4) is 0 Å². The zero-order valence-electron chi connectivity index (χ0n) is 19.8. The van der Waals surface area contributed by atoms with Crippen LogP contribution in [-0.4, -0.2) is 41.1 Å². The Labute approximate surface area is 195 Å². The second-order valence-corrected chi connectivity index (χ2v) is 9.36. The zero-order valence-corrected chi connectivity index (χ0v) is 19.8. The smallest absolute Gasteiger partial charge is 0.233 e. The van der Waals surface area contributed by atoms with E-state index in [0.29, 0.717) is 0 Å². The van der Waals surface area contributed by atoms with Gasteiger partial charge in [-0.05, 0) is 80.5 Å². The number of aromatic nitrogens is 2. The molecule has 1 saturated heterocycles. The first-order valence-corrected chi connectivity index (χ1v) is 11.6. The SMILES string of the molecule is COc1ccc2c(c1)CC[C@H]2N1CCCC(C)(c2ccc(-n3cnc(C)c3)c(OC)c2)C1=O. The third-order valence-electron chi connectivity index (χ3n) is 7.39. The van der Waals surface area contributed by atoms with Crippen LogP contribution in [0, 0.1) is 6.92 Å². The molecule has 3 aromatic rings. The fourth-order valence-corrected chi connectivity index (χ4v) is 5.50. The summed E-state index contributed by atoms with van der Waals surface area (Å²) in [5.41, 5.74) is 4.84. The van der Waals surface area contributed by atoms with Crippen molar-refractivity contribution in [3.63, 3.8) is 0 Å². The number of carbonyl (C=O) groups excluding carboxylic acids is 1. The average Bonchev–Trinajstić information content (AvgIpc) is 3.46. The van der Waals surface area contributed by atoms with E-state index in [1.54, 1.807) is 20.5 Å². The first kappa shape index (κ1) is 21.6. The number of ether oxygens (including phenoxy) is 2. The molecule has 6 nitrogen and oxygen atoms in total. The Morgan fingerprint density at radius 3 is 2.70 bits per heavy atom. The average molecular weight is 446 g/mol. The van der Waals surface area contributed by atoms with Crippen molar-refractivity contribution in [1.29, 1.82) is 0 Å². The van der Waals surface area contributed by atoms with Crippen molar-refractivity contribution in [2.75, 3.05) is 20.8 Å². The number of carbonyl (C=O) groups is 1. The molecule has 1 fully saturated rings. The number of hydrogen-bond acceptors (Lipinski definition) is 4. The van der Waals surface area contributed by atoms with Crippen molar-refractivity contribution in [3.8, 4) is 17.2 Å². The first-order chi connectivity index (χ1) is 15.9. The van der Waals surface area contributed by atoms with Gasteiger partial charge in [-0.15, -0.1) is 0 Å². The molecule has 2 aliphatic rings. The molecule has 0 saturated carbocycles. The molecule has 2 aromatic carbocycles. The number of rotatable bonds is 5. The number of amides is 1. The van der Waals surface area contributed by atoms with Crippen molar-refractivity contribution in [1.82, 2.24) is 14.5 Å². The highest BCUT2D eigenvalue weighted by Crippen LogP contribution is 2.44. The second kappa shape index (κ2) is 8.25. The molecule has 1 aromatic heterocycles. The molecule has 172 valence electrons. The number of nitrogens with zero attached hydrogens (tertiary/aromatic N) is 3. The minimum atomic E-state index is -0.579. The van der Waals surface area contributed by atoms with E-state index < -0.39 is 5.41 Å². The third-order valence-corrected chi connectivity index (χ3v) is 7.39. The van der Waals surface area contributed by atoms with E-state index in [1.807, 2.05) is 35.9 Å². The van der Waals surface area contributed by atoms with E-state index in [-0.39, 0.29) is 11.9 Å². The maximum Gasteiger partial charge on any atom is 0.233 e. The number of imidazole rings is 1. The minimum Gasteiger partial charge on any atom is -0.497 e. The highest BCUT2D eigenvalue weighted by molar-refractivity contribution is 5.89. The normalized spacial score (nSPS) is 22.4. The summed E-state index contributed by atoms with van der Waals surface area (Å²) in [7, 11) is 3.37. The van der Waals surface area contributed by atoms with Crippen LogP contribution < -0.4 is 9.47 Å². The molecule has 2 atom stereocenters. The van der Waals surface area contributed by atoms with Gasteiger partial charge in [0.15, 0.2) is 0 Å². The highest BCUT2D eigenvalue weighted by atomic mass is 16.5. The summed E-state index contributed by atoms with van der Waals surface area (Å²) in [5, 5.41) is 0. The highest BCUT2D eigenvalue weighted by Gasteiger charge is 2.45. The monoisotopic (exact) mass is 445 g/mol. The summed E-state index contributed by atoms with van der Waals surface area (Å²) >= 11 is 0. The molecular weight excluding hydrogens is 414 g/mol. The predicted octanol–water partition coefficient (Wildman–Crippen LogP) is 4.77. The molecule has 2 heterocycles. The van der Waals surface area contributed by atoms with Gasteiger partial charge in [-0.3, -0.25) is 4.79 Å². The Morgan fingerprint density at radius 1 is 1.12 bits per heavy atom. The zero-order chi connectivity index (χ0) is 23.2. The fourth-order valence-electron chi connectivity index (χ4n) is 5.50. The quantitative estimate of drug-likeness (QED) is 0.568. The molecule has 1 aliphatic carbocycles. The summed E-state index contributed by atoms with van der Waals surface area (Å²) in [6.45, 7) is 4.85. The summed E-state index contributed by atoms with van der Waals surface area (Å²) in [6, 6.07) is 12.5. The molecule has 0 bridgehead atoms. The summed E-state index contributed by atoms with van der Waals surface area (Å²) in [4.78, 5) is 20.4. The Hall–Kier alpha value is -3.28. The number of piperidine rings is 1. The standard InChI is InChI=1S/C27H31N3O3/c1-18-16-29(17-28-18)24-11-7-20(15-25(24)33-4)27(2)12-5-13-30(26(27)31)23-10-6-19-14-21(32-3)8-9-22(19)23/h7-9,11,14-17,23H,5-6,10,12-13H2,1-4H3/t23-,27?/m1/s1. The van der Waals surface area contributed by atoms with E-state index in [2.05, 4.69) is 35.0 Å². The van der Waals surface area contributed by atoms with Gasteiger partial charge in [0, 0.05) is 12.7 Å². The van der Waals surface area contributed by atoms with E-state index >= 15 is 0 Å². The van der Waals surface area contributed by atoms with Gasteiger partial charge in [-0.2, -0.15) is 0 Å². The third kappa shape index (κ3) is 3.58. The van der Waals surface area contributed by atoms with Gasteiger partial charge in [0.2, 0.25) is 5.91 Å². The van der Waals surface area contributed by atoms with Crippen molar-refractivity contribution >= 4 is 5.91 Å². The van der Waals surface area contributed by atoms with Crippen molar-refractivity contribution in [2.24, 2.45) is 0 Å². The number of hydrogen-bond donors (Lipinski definition) is 0. The van der Waals surface area contributed by atoms with Gasteiger partial charge < -0.3 is 18.9 Å². The number of aryl methyl sites for hydroxylation is 2. The lowest BCUT2D eigenvalue weighted by molar-refractivity contribution is -0.143. The molecule has 1 unspecified atom stereocenters. The molecular formula is C27H31N3O3. The molecule has 0 spiro atoms. The van der Waals surface area contributed by atoms with E-state index in [4.69, 9.17) is 9.47 Å². The molecule has 6 heteroatoms. The fraction of sp³-hybridized carbons (Fsp3) is 0.407. The number of fused-ring (bicyclic) bond motifs is 1. The minimum absolute atomic E-state index is 0.133. The maximum atomic E-state index is 14.0. The van der Waals surface area contributed by atoms with Gasteiger partial charge in [0.1, 0.15) is 11.5 Å². The van der Waals surface area contributed by atoms with Crippen LogP contribution in [0.1, 0.15) is 54.6 Å². The van der Waals surface area contributed by atoms with Gasteiger partial charge in [-0.25, -0.2) is 4.98 Å². The van der Waals surface area contributed by atoms with E-state index in [9.17, 15) is 4.79 Å². The summed E-state index contributed by atoms with van der Waals surface area (Å²) in [6.07, 6.45) is 7.51. The molecule has 1 amide bonds. The van der Waals surface area contributed by atoms with Crippen LogP contribution in [0.2, 0.25) is 0 Å². The predicted molar refractivity (Wildman–Crippen MR) is 127 cm³/mol. The molecule has 33 heavy (non-hydrogen) atoms.